The van der Waals surface area contributed by atoms with Gasteiger partial charge in [-0.2, -0.15) is 5.26 Å². The average Bonchev–Trinajstić information content (AvgIpc) is 3.82. The van der Waals surface area contributed by atoms with Gasteiger partial charge in [0.15, 0.2) is 12.6 Å². The van der Waals surface area contributed by atoms with E-state index in [2.05, 4.69) is 16.4 Å². The van der Waals surface area contributed by atoms with Crippen molar-refractivity contribution >= 4 is 17.7 Å². The zero-order chi connectivity index (χ0) is 54.2. The molecule has 4 heterocycles. The summed E-state index contributed by atoms with van der Waals surface area (Å²) in [5.41, 5.74) is -3.20. The molecule has 73 heavy (non-hydrogen) atoms. The lowest BCUT2D eigenvalue weighted by Crippen LogP contribution is -2.59. The molecule has 3 aliphatic heterocycles. The molecule has 5 N–H and O–H groups in total. The Morgan fingerprint density at radius 3 is 2.32 bits per heavy atom. The number of benzene rings is 1. The molecular weight excluding hydrogens is 968 g/mol. The maximum absolute atomic E-state index is 14.8. The van der Waals surface area contributed by atoms with Gasteiger partial charge in [0.2, 0.25) is 0 Å². The number of hydrogen-bond acceptors (Lipinski definition) is 19. The molecule has 414 valence electrons. The number of halogens is 1. The van der Waals surface area contributed by atoms with Crippen LogP contribution in [-0.4, -0.2) is 200 Å². The Morgan fingerprint density at radius 1 is 1.01 bits per heavy atom. The van der Waals surface area contributed by atoms with Crippen LogP contribution in [0.15, 0.2) is 35.4 Å². The fourth-order valence-electron chi connectivity index (χ4n) is 10.8. The van der Waals surface area contributed by atoms with Gasteiger partial charge in [0.1, 0.15) is 48.8 Å². The van der Waals surface area contributed by atoms with E-state index in [4.69, 9.17) is 38.4 Å². The van der Waals surface area contributed by atoms with E-state index in [0.717, 1.165) is 10.5 Å². The van der Waals surface area contributed by atoms with E-state index in [9.17, 15) is 34.7 Å². The number of nitriles is 1. The molecule has 1 aromatic carbocycles. The number of esters is 1. The molecule has 0 spiro atoms. The molecule has 5 rings (SSSR count). The minimum absolute atomic E-state index is 0.0880. The van der Waals surface area contributed by atoms with Gasteiger partial charge >= 0.3 is 5.97 Å². The van der Waals surface area contributed by atoms with Crippen molar-refractivity contribution in [3.8, 4) is 6.07 Å². The molecule has 3 fully saturated rings. The number of methoxy groups -OCH3 is 2. The molecule has 0 unspecified atom stereocenters. The van der Waals surface area contributed by atoms with Crippen LogP contribution in [0.25, 0.3) is 0 Å². The molecule has 21 heteroatoms. The Bertz CT molecular complexity index is 2070. The summed E-state index contributed by atoms with van der Waals surface area (Å²) in [4.78, 5) is 19.2. The molecule has 0 amide bonds. The Hall–Kier alpha value is -2.92. The van der Waals surface area contributed by atoms with Gasteiger partial charge in [0.05, 0.1) is 59.1 Å². The number of ether oxygens (including phenoxy) is 7. The van der Waals surface area contributed by atoms with E-state index in [1.54, 1.807) is 47.7 Å². The van der Waals surface area contributed by atoms with Crippen molar-refractivity contribution < 1.29 is 67.9 Å². The summed E-state index contributed by atoms with van der Waals surface area (Å²) in [7, 11) is 6.70. The third kappa shape index (κ3) is 15.0. The zero-order valence-corrected chi connectivity index (χ0v) is 46.0. The number of rotatable bonds is 17. The third-order valence-corrected chi connectivity index (χ3v) is 16.5. The van der Waals surface area contributed by atoms with Crippen molar-refractivity contribution in [3.05, 3.63) is 41.7 Å². The van der Waals surface area contributed by atoms with Gasteiger partial charge < -0.3 is 68.5 Å². The number of aromatic nitrogens is 3. The van der Waals surface area contributed by atoms with Crippen molar-refractivity contribution in [2.45, 2.75) is 208 Å². The Kier molecular flexibility index (Phi) is 22.1. The number of carbonyl (C=O) groups excluding carboxylic acids is 1. The van der Waals surface area contributed by atoms with Crippen LogP contribution in [0.4, 0.5) is 4.39 Å². The number of carbonyl (C=O) groups is 1. The molecule has 2 aromatic rings. The third-order valence-electron chi connectivity index (χ3n) is 15.6. The molecule has 19 atom stereocenters. The van der Waals surface area contributed by atoms with Gasteiger partial charge in [-0.25, -0.2) is 9.07 Å². The summed E-state index contributed by atoms with van der Waals surface area (Å²) in [6, 6.07) is 7.70. The quantitative estimate of drug-likeness (QED) is 0.109. The second-order valence-electron chi connectivity index (χ2n) is 21.5. The highest BCUT2D eigenvalue weighted by Crippen LogP contribution is 2.39. The highest BCUT2D eigenvalue weighted by Gasteiger charge is 2.51. The summed E-state index contributed by atoms with van der Waals surface area (Å²) >= 11 is 1.41. The first-order valence-electron chi connectivity index (χ1n) is 25.7. The van der Waals surface area contributed by atoms with Crippen LogP contribution in [0.1, 0.15) is 118 Å². The first-order valence-corrected chi connectivity index (χ1v) is 26.7. The fourth-order valence-corrected chi connectivity index (χ4v) is 11.4. The smallest absolute Gasteiger partial charge is 0.311 e. The number of hydrogen-bond donors (Lipinski definition) is 5. The minimum atomic E-state index is -1.85. The first kappa shape index (κ1) is 60.9. The van der Waals surface area contributed by atoms with Crippen molar-refractivity contribution in [2.24, 2.45) is 11.8 Å². The predicted octanol–water partition coefficient (Wildman–Crippen LogP) is 4.37. The van der Waals surface area contributed by atoms with E-state index in [0.29, 0.717) is 37.4 Å². The lowest BCUT2D eigenvalue weighted by atomic mass is 9.83. The molecule has 0 bridgehead atoms. The van der Waals surface area contributed by atoms with Gasteiger partial charge in [0.25, 0.3) is 0 Å². The number of cyclic esters (lactones) is 1. The minimum Gasteiger partial charge on any atom is -0.459 e. The Morgan fingerprint density at radius 2 is 1.70 bits per heavy atom. The lowest BCUT2D eigenvalue weighted by Gasteiger charge is -2.47. The van der Waals surface area contributed by atoms with E-state index in [1.807, 2.05) is 62.0 Å². The first-order chi connectivity index (χ1) is 34.3. The Balaban J connectivity index is 1.41. The largest absolute Gasteiger partial charge is 0.459 e. The molecule has 19 nitrogen and oxygen atoms in total. The van der Waals surface area contributed by atoms with Crippen LogP contribution in [0.2, 0.25) is 0 Å². The van der Waals surface area contributed by atoms with Crippen LogP contribution in [0, 0.1) is 23.2 Å². The molecule has 0 saturated carbocycles. The van der Waals surface area contributed by atoms with Gasteiger partial charge in [-0.05, 0) is 105 Å². The molecule has 3 aliphatic rings. The van der Waals surface area contributed by atoms with Crippen LogP contribution < -0.4 is 0 Å². The SMILES string of the molecule is CC[C@H]1OC(=O)[C@H](C)[C@@H](O[C@H]2C[C@@](C)(OC)[C@@H](O)[C@H](C)O2)C[C@@H](O[C@@H]2O[C@H](C)C[C@H](N(C)CCc3cn([C@H](CF)[C@H](OC)c4ccc(SCC#N)cc4)nn3)[C@H]2O)[C@](C)(O)C[C@@H](C)CN(C)[C@H](C)[C@@H](O)[C@]1(C)O. The number of aliphatic hydroxyl groups excluding tert-OH is 3. The standard InChI is InChI=1S/C52H85FN6O13S/c1-14-41-52(9,65)46(61)33(5)58(11)28-30(2)25-50(7,64)42(24-40(32(4)48(63)71-41)70-43-26-51(8,67-13)47(62)34(6)69-43)72-49-44(60)38(23-31(3)68-49)57(10)21-19-36-29-59(56-55-36)39(27-53)45(66-12)35-15-17-37(18-16-35)73-22-20-54/h15-18,29-34,38-47,49,60-62,64-65H,14,19,21-28H2,1-13H3/t30-,31-,32-,33-,34+,38+,39-,40+,41-,42-,43+,44-,45-,46-,47+,49+,50-,51-,52-/m1/s1. The number of nitrogens with zero attached hydrogens (tertiary/aromatic N) is 6. The average molecular weight is 1050 g/mol. The molecular formula is C52H85FN6O13S. The number of thioether (sulfide) groups is 1. The molecule has 0 radical (unpaired) electrons. The summed E-state index contributed by atoms with van der Waals surface area (Å²) in [5, 5.41) is 77.0. The van der Waals surface area contributed by atoms with Gasteiger partial charge in [0, 0.05) is 69.7 Å². The van der Waals surface area contributed by atoms with Gasteiger partial charge in [-0.3, -0.25) is 4.79 Å². The maximum Gasteiger partial charge on any atom is 0.311 e. The highest BCUT2D eigenvalue weighted by atomic mass is 32.2. The van der Waals surface area contributed by atoms with Crippen LogP contribution >= 0.6 is 11.8 Å². The monoisotopic (exact) mass is 1050 g/mol. The Labute approximate surface area is 435 Å². The normalized spacial score (nSPS) is 38.5. The van der Waals surface area contributed by atoms with Crippen LogP contribution in [0.5, 0.6) is 0 Å². The topological polar surface area (TPSA) is 244 Å². The van der Waals surface area contributed by atoms with Crippen molar-refractivity contribution in [1.29, 1.82) is 5.26 Å². The van der Waals surface area contributed by atoms with E-state index < -0.39 is 121 Å². The zero-order valence-electron chi connectivity index (χ0n) is 45.2. The number of alkyl halides is 1. The van der Waals surface area contributed by atoms with Crippen LogP contribution in [-0.2, 0) is 44.4 Å². The summed E-state index contributed by atoms with van der Waals surface area (Å²) in [5.74, 6) is -1.69. The maximum atomic E-state index is 14.8. The van der Waals surface area contributed by atoms with Gasteiger partial charge in [-0.1, -0.05) is 31.2 Å². The summed E-state index contributed by atoms with van der Waals surface area (Å²) < 4.78 is 59.9. The van der Waals surface area contributed by atoms with Gasteiger partial charge in [-0.15, -0.1) is 16.9 Å². The van der Waals surface area contributed by atoms with Crippen molar-refractivity contribution in [2.75, 3.05) is 53.8 Å². The van der Waals surface area contributed by atoms with Crippen molar-refractivity contribution in [1.82, 2.24) is 24.8 Å². The highest BCUT2D eigenvalue weighted by molar-refractivity contribution is 7.99. The predicted molar refractivity (Wildman–Crippen MR) is 270 cm³/mol. The number of likely N-dealkylation sites (N-methyl/N-ethyl adjacent to an activating group) is 2. The van der Waals surface area contributed by atoms with E-state index in [1.165, 1.54) is 37.6 Å². The second-order valence-corrected chi connectivity index (χ2v) is 22.6. The summed E-state index contributed by atoms with van der Waals surface area (Å²) in [6.45, 7) is 15.6. The fraction of sp³-hybridized carbons (Fsp3) is 0.808. The molecule has 1 aromatic heterocycles. The molecule has 0 aliphatic carbocycles. The van der Waals surface area contributed by atoms with E-state index >= 15 is 0 Å². The lowest BCUT2D eigenvalue weighted by molar-refractivity contribution is -0.308. The van der Waals surface area contributed by atoms with E-state index in [-0.39, 0.29) is 31.6 Å². The van der Waals surface area contributed by atoms with Crippen molar-refractivity contribution in [3.63, 3.8) is 0 Å². The number of aliphatic hydroxyl groups is 5. The second kappa shape index (κ2) is 26.4. The summed E-state index contributed by atoms with van der Waals surface area (Å²) in [6.07, 6.45) is -8.02. The van der Waals surface area contributed by atoms with Crippen LogP contribution in [0.3, 0.4) is 0 Å². The molecule has 3 saturated heterocycles.